The minimum atomic E-state index is -1.04. The highest BCUT2D eigenvalue weighted by Crippen LogP contribution is 2.15. The van der Waals surface area contributed by atoms with Crippen LogP contribution in [0.25, 0.3) is 6.08 Å². The van der Waals surface area contributed by atoms with E-state index in [9.17, 15) is 9.18 Å². The Labute approximate surface area is 119 Å². The molecule has 0 spiro atoms. The van der Waals surface area contributed by atoms with Crippen LogP contribution in [0.15, 0.2) is 24.3 Å². The molecule has 1 unspecified atom stereocenters. The maximum Gasteiger partial charge on any atom is 0.328 e. The number of nitrogens with zero attached hydrogens (tertiary/aromatic N) is 1. The summed E-state index contributed by atoms with van der Waals surface area (Å²) in [7, 11) is 1.98. The van der Waals surface area contributed by atoms with E-state index in [1.165, 1.54) is 12.1 Å². The standard InChI is InChI=1S/C16H22FNO2/c1-4-5-12(2)18(3)11-14-8-6-13(10-15(14)17)7-9-16(19)20/h6-10,12H,4-5,11H2,1-3H3,(H,19,20). The van der Waals surface area contributed by atoms with Gasteiger partial charge in [-0.1, -0.05) is 25.5 Å². The van der Waals surface area contributed by atoms with Gasteiger partial charge in [0.1, 0.15) is 5.82 Å². The van der Waals surface area contributed by atoms with Crippen molar-refractivity contribution in [3.8, 4) is 0 Å². The summed E-state index contributed by atoms with van der Waals surface area (Å²) in [4.78, 5) is 12.5. The minimum absolute atomic E-state index is 0.298. The summed E-state index contributed by atoms with van der Waals surface area (Å²) in [5, 5.41) is 8.54. The Morgan fingerprint density at radius 3 is 2.75 bits per heavy atom. The molecule has 3 nitrogen and oxygen atoms in total. The molecule has 1 rings (SSSR count). The summed E-state index contributed by atoms with van der Waals surface area (Å²) in [5.41, 5.74) is 1.18. The quantitative estimate of drug-likeness (QED) is 0.776. The van der Waals surface area contributed by atoms with Crippen molar-refractivity contribution in [2.75, 3.05) is 7.05 Å². The summed E-state index contributed by atoms with van der Waals surface area (Å²) < 4.78 is 14.0. The topological polar surface area (TPSA) is 40.5 Å². The summed E-state index contributed by atoms with van der Waals surface area (Å²) >= 11 is 0. The average molecular weight is 279 g/mol. The average Bonchev–Trinajstić information content (AvgIpc) is 2.39. The summed E-state index contributed by atoms with van der Waals surface area (Å²) in [5.74, 6) is -1.34. The molecule has 0 aliphatic carbocycles. The number of hydrogen-bond donors (Lipinski definition) is 1. The van der Waals surface area contributed by atoms with Crippen molar-refractivity contribution in [1.82, 2.24) is 4.90 Å². The van der Waals surface area contributed by atoms with Crippen molar-refractivity contribution in [1.29, 1.82) is 0 Å². The van der Waals surface area contributed by atoms with E-state index >= 15 is 0 Å². The maximum atomic E-state index is 14.0. The van der Waals surface area contributed by atoms with Crippen molar-refractivity contribution in [2.24, 2.45) is 0 Å². The van der Waals surface area contributed by atoms with Gasteiger partial charge in [-0.15, -0.1) is 0 Å². The lowest BCUT2D eigenvalue weighted by Gasteiger charge is -2.24. The molecule has 0 aliphatic rings. The van der Waals surface area contributed by atoms with Crippen LogP contribution in [0.1, 0.15) is 37.8 Å². The molecule has 110 valence electrons. The molecule has 4 heteroatoms. The molecule has 1 N–H and O–H groups in total. The summed E-state index contributed by atoms with van der Waals surface area (Å²) in [6.45, 7) is 4.82. The Hall–Kier alpha value is -1.68. The number of carbonyl (C=O) groups is 1. The van der Waals surface area contributed by atoms with E-state index in [0.717, 1.165) is 18.9 Å². The molecule has 1 atom stereocenters. The predicted molar refractivity (Wildman–Crippen MR) is 78.9 cm³/mol. The van der Waals surface area contributed by atoms with Crippen molar-refractivity contribution < 1.29 is 14.3 Å². The molecule has 0 aliphatic heterocycles. The maximum absolute atomic E-state index is 14.0. The smallest absolute Gasteiger partial charge is 0.328 e. The van der Waals surface area contributed by atoms with Crippen LogP contribution in [-0.4, -0.2) is 29.1 Å². The van der Waals surface area contributed by atoms with Crippen LogP contribution in [0.4, 0.5) is 4.39 Å². The fourth-order valence-electron chi connectivity index (χ4n) is 2.03. The van der Waals surface area contributed by atoms with Gasteiger partial charge < -0.3 is 5.11 Å². The normalized spacial score (nSPS) is 13.1. The Balaban J connectivity index is 2.75. The van der Waals surface area contributed by atoms with Crippen molar-refractivity contribution in [2.45, 2.75) is 39.3 Å². The zero-order valence-corrected chi connectivity index (χ0v) is 12.3. The Morgan fingerprint density at radius 2 is 2.20 bits per heavy atom. The number of aliphatic carboxylic acids is 1. The molecule has 1 aromatic carbocycles. The lowest BCUT2D eigenvalue weighted by molar-refractivity contribution is -0.131. The number of halogens is 1. The molecule has 0 fully saturated rings. The summed E-state index contributed by atoms with van der Waals surface area (Å²) in [6.07, 6.45) is 4.58. The number of benzene rings is 1. The Morgan fingerprint density at radius 1 is 1.50 bits per heavy atom. The number of rotatable bonds is 7. The Bertz CT molecular complexity index is 485. The second kappa shape index (κ2) is 7.80. The molecule has 0 amide bonds. The fraction of sp³-hybridized carbons (Fsp3) is 0.438. The first-order chi connectivity index (χ1) is 9.43. The predicted octanol–water partition coefficient (Wildman–Crippen LogP) is 3.54. The van der Waals surface area contributed by atoms with Crippen LogP contribution >= 0.6 is 0 Å². The third-order valence-electron chi connectivity index (χ3n) is 3.37. The van der Waals surface area contributed by atoms with Gasteiger partial charge in [0.2, 0.25) is 0 Å². The second-order valence-corrected chi connectivity index (χ2v) is 5.08. The van der Waals surface area contributed by atoms with Crippen LogP contribution in [0.2, 0.25) is 0 Å². The minimum Gasteiger partial charge on any atom is -0.478 e. The van der Waals surface area contributed by atoms with Gasteiger partial charge in [-0.05, 0) is 38.1 Å². The van der Waals surface area contributed by atoms with Crippen LogP contribution in [0.3, 0.4) is 0 Å². The van der Waals surface area contributed by atoms with Crippen LogP contribution < -0.4 is 0 Å². The first-order valence-electron chi connectivity index (χ1n) is 6.83. The van der Waals surface area contributed by atoms with E-state index in [-0.39, 0.29) is 5.82 Å². The number of carboxylic acid groups (broad SMARTS) is 1. The first-order valence-corrected chi connectivity index (χ1v) is 6.83. The first kappa shape index (κ1) is 16.4. The van der Waals surface area contributed by atoms with Gasteiger partial charge >= 0.3 is 5.97 Å². The molecular formula is C16H22FNO2. The summed E-state index contributed by atoms with van der Waals surface area (Å²) in [6, 6.07) is 5.22. The molecule has 0 heterocycles. The van der Waals surface area contributed by atoms with Gasteiger partial charge in [0.15, 0.2) is 0 Å². The van der Waals surface area contributed by atoms with Gasteiger partial charge in [-0.25, -0.2) is 9.18 Å². The zero-order valence-electron chi connectivity index (χ0n) is 12.3. The molecular weight excluding hydrogens is 257 g/mol. The largest absolute Gasteiger partial charge is 0.478 e. The third-order valence-corrected chi connectivity index (χ3v) is 3.37. The van der Waals surface area contributed by atoms with Gasteiger partial charge in [-0.2, -0.15) is 0 Å². The van der Waals surface area contributed by atoms with Crippen molar-refractivity contribution in [3.05, 3.63) is 41.2 Å². The molecule has 1 aromatic rings. The van der Waals surface area contributed by atoms with Crippen LogP contribution in [0.5, 0.6) is 0 Å². The van der Waals surface area contributed by atoms with Crippen LogP contribution in [0, 0.1) is 5.82 Å². The van der Waals surface area contributed by atoms with E-state index < -0.39 is 5.97 Å². The van der Waals surface area contributed by atoms with E-state index in [2.05, 4.69) is 18.7 Å². The van der Waals surface area contributed by atoms with Gasteiger partial charge in [-0.3, -0.25) is 4.90 Å². The SMILES string of the molecule is CCCC(C)N(C)Cc1ccc(C=CC(=O)O)cc1F. The molecule has 0 aromatic heterocycles. The van der Waals surface area contributed by atoms with E-state index in [0.29, 0.717) is 23.7 Å². The van der Waals surface area contributed by atoms with Gasteiger partial charge in [0, 0.05) is 24.2 Å². The van der Waals surface area contributed by atoms with E-state index in [1.54, 1.807) is 12.1 Å². The number of hydrogen-bond acceptors (Lipinski definition) is 2. The fourth-order valence-corrected chi connectivity index (χ4v) is 2.03. The second-order valence-electron chi connectivity index (χ2n) is 5.08. The van der Waals surface area contributed by atoms with Crippen molar-refractivity contribution in [3.63, 3.8) is 0 Å². The van der Waals surface area contributed by atoms with Gasteiger partial charge in [0.25, 0.3) is 0 Å². The highest BCUT2D eigenvalue weighted by atomic mass is 19.1. The highest BCUT2D eigenvalue weighted by Gasteiger charge is 2.11. The van der Waals surface area contributed by atoms with E-state index in [1.807, 2.05) is 7.05 Å². The molecule has 0 radical (unpaired) electrons. The third kappa shape index (κ3) is 5.13. The molecule has 0 saturated heterocycles. The lowest BCUT2D eigenvalue weighted by atomic mass is 10.1. The van der Waals surface area contributed by atoms with Crippen LogP contribution in [-0.2, 0) is 11.3 Å². The van der Waals surface area contributed by atoms with Gasteiger partial charge in [0.05, 0.1) is 0 Å². The molecule has 0 bridgehead atoms. The highest BCUT2D eigenvalue weighted by molar-refractivity contribution is 5.85. The zero-order chi connectivity index (χ0) is 15.1. The lowest BCUT2D eigenvalue weighted by Crippen LogP contribution is -2.28. The molecule has 0 saturated carbocycles. The van der Waals surface area contributed by atoms with Crippen molar-refractivity contribution >= 4 is 12.0 Å². The monoisotopic (exact) mass is 279 g/mol. The Kier molecular flexibility index (Phi) is 6.39. The number of carboxylic acids is 1. The van der Waals surface area contributed by atoms with E-state index in [4.69, 9.17) is 5.11 Å². The molecule has 20 heavy (non-hydrogen) atoms.